The highest BCUT2D eigenvalue weighted by Gasteiger charge is 2.10. The van der Waals surface area contributed by atoms with Crippen LogP contribution in [0.2, 0.25) is 0 Å². The lowest BCUT2D eigenvalue weighted by molar-refractivity contribution is 0.0946. The molecule has 0 saturated carbocycles. The summed E-state index contributed by atoms with van der Waals surface area (Å²) in [6.07, 6.45) is 2.48. The van der Waals surface area contributed by atoms with Crippen molar-refractivity contribution in [1.82, 2.24) is 10.3 Å². The molecule has 1 aromatic heterocycles. The third-order valence-corrected chi connectivity index (χ3v) is 3.09. The number of oxazole rings is 1. The van der Waals surface area contributed by atoms with Crippen LogP contribution in [0.4, 0.5) is 0 Å². The van der Waals surface area contributed by atoms with E-state index in [4.69, 9.17) is 4.42 Å². The Morgan fingerprint density at radius 1 is 1.47 bits per heavy atom. The fraction of sp³-hybridized carbons (Fsp3) is 0.286. The number of thiol groups is 1. The van der Waals surface area contributed by atoms with E-state index in [-0.39, 0.29) is 12.5 Å². The summed E-state index contributed by atoms with van der Waals surface area (Å²) >= 11 is 4.24. The number of nitrogens with zero attached hydrogens (tertiary/aromatic N) is 1. The van der Waals surface area contributed by atoms with Gasteiger partial charge in [0.05, 0.1) is 12.7 Å². The SMILES string of the molecule is CCc1cnc(CNC(=O)c2cc(S)ccc2C)o1. The van der Waals surface area contributed by atoms with Crippen molar-refractivity contribution in [3.63, 3.8) is 0 Å². The van der Waals surface area contributed by atoms with Gasteiger partial charge in [0.25, 0.3) is 5.91 Å². The lowest BCUT2D eigenvalue weighted by atomic mass is 10.1. The Morgan fingerprint density at radius 3 is 2.95 bits per heavy atom. The minimum absolute atomic E-state index is 0.148. The predicted octanol–water partition coefficient (Wildman–Crippen LogP) is 2.76. The average Bonchev–Trinajstić information content (AvgIpc) is 2.87. The molecule has 1 aromatic carbocycles. The van der Waals surface area contributed by atoms with E-state index in [9.17, 15) is 4.79 Å². The molecule has 0 bridgehead atoms. The summed E-state index contributed by atoms with van der Waals surface area (Å²) in [5, 5.41) is 2.79. The molecule has 1 heterocycles. The van der Waals surface area contributed by atoms with Crippen molar-refractivity contribution in [1.29, 1.82) is 0 Å². The summed E-state index contributed by atoms with van der Waals surface area (Å²) in [6.45, 7) is 4.17. The van der Waals surface area contributed by atoms with Gasteiger partial charge >= 0.3 is 0 Å². The molecule has 0 radical (unpaired) electrons. The maximum Gasteiger partial charge on any atom is 0.252 e. The van der Waals surface area contributed by atoms with Crippen LogP contribution < -0.4 is 5.32 Å². The van der Waals surface area contributed by atoms with E-state index in [2.05, 4.69) is 22.9 Å². The first-order chi connectivity index (χ1) is 9.10. The van der Waals surface area contributed by atoms with Gasteiger partial charge in [0.1, 0.15) is 5.76 Å². The summed E-state index contributed by atoms with van der Waals surface area (Å²) in [5.41, 5.74) is 1.53. The van der Waals surface area contributed by atoms with Crippen molar-refractivity contribution >= 4 is 18.5 Å². The standard InChI is InChI=1S/C14H16N2O2S/c1-3-10-7-15-13(18-10)8-16-14(17)12-6-11(19)5-4-9(12)2/h4-7,19H,3,8H2,1-2H3,(H,16,17). The van der Waals surface area contributed by atoms with Crippen molar-refractivity contribution in [2.75, 3.05) is 0 Å². The van der Waals surface area contributed by atoms with Crippen molar-refractivity contribution in [3.05, 3.63) is 47.2 Å². The van der Waals surface area contributed by atoms with E-state index < -0.39 is 0 Å². The number of aryl methyl sites for hydroxylation is 2. The minimum Gasteiger partial charge on any atom is -0.444 e. The summed E-state index contributed by atoms with van der Waals surface area (Å²) in [4.78, 5) is 16.9. The van der Waals surface area contributed by atoms with Gasteiger partial charge in [-0.15, -0.1) is 12.6 Å². The van der Waals surface area contributed by atoms with Crippen molar-refractivity contribution in [2.24, 2.45) is 0 Å². The van der Waals surface area contributed by atoms with E-state index in [0.717, 1.165) is 22.6 Å². The third kappa shape index (κ3) is 3.38. The van der Waals surface area contributed by atoms with Crippen LogP contribution in [0.1, 0.15) is 34.5 Å². The van der Waals surface area contributed by atoms with Gasteiger partial charge in [-0.25, -0.2) is 4.98 Å². The number of hydrogen-bond acceptors (Lipinski definition) is 4. The lowest BCUT2D eigenvalue weighted by Crippen LogP contribution is -2.23. The minimum atomic E-state index is -0.148. The topological polar surface area (TPSA) is 55.1 Å². The van der Waals surface area contributed by atoms with Crippen LogP contribution in [-0.4, -0.2) is 10.9 Å². The molecule has 0 aliphatic heterocycles. The maximum absolute atomic E-state index is 12.1. The highest BCUT2D eigenvalue weighted by atomic mass is 32.1. The number of nitrogens with one attached hydrogen (secondary N) is 1. The molecule has 0 aliphatic carbocycles. The largest absolute Gasteiger partial charge is 0.444 e. The van der Waals surface area contributed by atoms with Crippen LogP contribution in [0.3, 0.4) is 0 Å². The van der Waals surface area contributed by atoms with E-state index in [0.29, 0.717) is 11.5 Å². The molecule has 1 N–H and O–H groups in total. The van der Waals surface area contributed by atoms with Crippen LogP contribution in [0, 0.1) is 6.92 Å². The fourth-order valence-corrected chi connectivity index (χ4v) is 1.90. The molecule has 0 saturated heterocycles. The van der Waals surface area contributed by atoms with Gasteiger partial charge in [-0.1, -0.05) is 13.0 Å². The number of amides is 1. The molecule has 0 unspecified atom stereocenters. The maximum atomic E-state index is 12.1. The molecule has 0 aliphatic rings. The molecular formula is C14H16N2O2S. The number of rotatable bonds is 4. The Kier molecular flexibility index (Phi) is 4.27. The Hall–Kier alpha value is -1.75. The molecule has 2 aromatic rings. The summed E-state index contributed by atoms with van der Waals surface area (Å²) < 4.78 is 5.43. The molecule has 4 nitrogen and oxygen atoms in total. The van der Waals surface area contributed by atoms with Gasteiger partial charge in [0.15, 0.2) is 0 Å². The monoisotopic (exact) mass is 276 g/mol. The first kappa shape index (κ1) is 13.7. The Morgan fingerprint density at radius 2 is 2.26 bits per heavy atom. The number of carbonyl (C=O) groups is 1. The van der Waals surface area contributed by atoms with E-state index in [1.54, 1.807) is 12.3 Å². The van der Waals surface area contributed by atoms with Gasteiger partial charge in [-0.05, 0) is 24.6 Å². The summed E-state index contributed by atoms with van der Waals surface area (Å²) in [5.74, 6) is 1.19. The van der Waals surface area contributed by atoms with Crippen LogP contribution in [0.15, 0.2) is 33.7 Å². The third-order valence-electron chi connectivity index (χ3n) is 2.82. The van der Waals surface area contributed by atoms with Crippen LogP contribution in [-0.2, 0) is 13.0 Å². The van der Waals surface area contributed by atoms with Gasteiger partial charge in [-0.2, -0.15) is 0 Å². The molecule has 19 heavy (non-hydrogen) atoms. The molecule has 0 atom stereocenters. The van der Waals surface area contributed by atoms with E-state index >= 15 is 0 Å². The molecular weight excluding hydrogens is 260 g/mol. The zero-order valence-corrected chi connectivity index (χ0v) is 11.8. The Bertz CT molecular complexity index is 593. The molecule has 100 valence electrons. The average molecular weight is 276 g/mol. The van der Waals surface area contributed by atoms with Crippen LogP contribution in [0.25, 0.3) is 0 Å². The van der Waals surface area contributed by atoms with E-state index in [1.807, 2.05) is 26.0 Å². The second kappa shape index (κ2) is 5.93. The van der Waals surface area contributed by atoms with Crippen molar-refractivity contribution in [3.8, 4) is 0 Å². The number of aromatic nitrogens is 1. The highest BCUT2D eigenvalue weighted by Crippen LogP contribution is 2.14. The first-order valence-corrected chi connectivity index (χ1v) is 6.56. The fourth-order valence-electron chi connectivity index (χ4n) is 1.70. The normalized spacial score (nSPS) is 10.5. The van der Waals surface area contributed by atoms with Crippen molar-refractivity contribution in [2.45, 2.75) is 31.7 Å². The summed E-state index contributed by atoms with van der Waals surface area (Å²) in [6, 6.07) is 5.48. The van der Waals surface area contributed by atoms with Gasteiger partial charge in [0, 0.05) is 16.9 Å². The molecule has 1 amide bonds. The van der Waals surface area contributed by atoms with Crippen LogP contribution in [0.5, 0.6) is 0 Å². The quantitative estimate of drug-likeness (QED) is 0.844. The number of carbonyl (C=O) groups excluding carboxylic acids is 1. The zero-order chi connectivity index (χ0) is 13.8. The van der Waals surface area contributed by atoms with Gasteiger partial charge < -0.3 is 9.73 Å². The Labute approximate surface area is 117 Å². The van der Waals surface area contributed by atoms with Gasteiger partial charge in [0.2, 0.25) is 5.89 Å². The molecule has 5 heteroatoms. The van der Waals surface area contributed by atoms with Crippen molar-refractivity contribution < 1.29 is 9.21 Å². The lowest BCUT2D eigenvalue weighted by Gasteiger charge is -2.06. The molecule has 0 spiro atoms. The second-order valence-electron chi connectivity index (χ2n) is 4.26. The van der Waals surface area contributed by atoms with Gasteiger partial charge in [-0.3, -0.25) is 4.79 Å². The first-order valence-electron chi connectivity index (χ1n) is 6.11. The van der Waals surface area contributed by atoms with E-state index in [1.165, 1.54) is 0 Å². The molecule has 0 fully saturated rings. The highest BCUT2D eigenvalue weighted by molar-refractivity contribution is 7.80. The number of hydrogen-bond donors (Lipinski definition) is 2. The molecule has 2 rings (SSSR count). The second-order valence-corrected chi connectivity index (χ2v) is 4.77. The number of benzene rings is 1. The predicted molar refractivity (Wildman–Crippen MR) is 75.5 cm³/mol. The summed E-state index contributed by atoms with van der Waals surface area (Å²) in [7, 11) is 0. The smallest absolute Gasteiger partial charge is 0.252 e. The van der Waals surface area contributed by atoms with Crippen LogP contribution >= 0.6 is 12.6 Å². The zero-order valence-electron chi connectivity index (χ0n) is 10.9. The Balaban J connectivity index is 2.03.